The van der Waals surface area contributed by atoms with Crippen molar-refractivity contribution in [1.82, 2.24) is 9.78 Å². The molecule has 0 aliphatic heterocycles. The second-order valence-electron chi connectivity index (χ2n) is 7.26. The van der Waals surface area contributed by atoms with Crippen LogP contribution in [0.1, 0.15) is 29.0 Å². The Hall–Kier alpha value is -2.53. The maximum absolute atomic E-state index is 12.5. The highest BCUT2D eigenvalue weighted by atomic mass is 32.2. The monoisotopic (exact) mass is 377 g/mol. The minimum absolute atomic E-state index is 0.0544. The standard InChI is InChI=1S/C22H23N3OS/c1-14-4-7-19(10-15(14)2)27-18-8-5-17(6-9-18)24-22(26)21-11-20(21)16-12-23-25(3)13-16/h4-10,12-13,20-21H,11H2,1-3H3,(H,24,26)/t20-,21+/m0/s1. The Morgan fingerprint density at radius 1 is 1.11 bits per heavy atom. The normalized spacial score (nSPS) is 18.3. The zero-order valence-electron chi connectivity index (χ0n) is 15.8. The smallest absolute Gasteiger partial charge is 0.228 e. The van der Waals surface area contributed by atoms with E-state index in [1.807, 2.05) is 31.6 Å². The zero-order valence-corrected chi connectivity index (χ0v) is 16.6. The Morgan fingerprint density at radius 2 is 1.85 bits per heavy atom. The average molecular weight is 378 g/mol. The van der Waals surface area contributed by atoms with Gasteiger partial charge in [-0.25, -0.2) is 0 Å². The Kier molecular flexibility index (Phi) is 4.79. The van der Waals surface area contributed by atoms with Crippen molar-refractivity contribution in [3.63, 3.8) is 0 Å². The summed E-state index contributed by atoms with van der Waals surface area (Å²) in [6, 6.07) is 14.6. The summed E-state index contributed by atoms with van der Waals surface area (Å²) in [5.41, 5.74) is 4.61. The molecule has 3 aromatic rings. The Balaban J connectivity index is 1.35. The van der Waals surface area contributed by atoms with Gasteiger partial charge in [-0.15, -0.1) is 0 Å². The summed E-state index contributed by atoms with van der Waals surface area (Å²) < 4.78 is 1.79. The van der Waals surface area contributed by atoms with Crippen LogP contribution >= 0.6 is 11.8 Å². The number of hydrogen-bond acceptors (Lipinski definition) is 3. The number of nitrogens with one attached hydrogen (secondary N) is 1. The summed E-state index contributed by atoms with van der Waals surface area (Å²) in [6.45, 7) is 4.26. The zero-order chi connectivity index (χ0) is 19.0. The predicted molar refractivity (Wildman–Crippen MR) is 109 cm³/mol. The van der Waals surface area contributed by atoms with Crippen molar-refractivity contribution < 1.29 is 4.79 Å². The van der Waals surface area contributed by atoms with Crippen molar-refractivity contribution in [1.29, 1.82) is 0 Å². The summed E-state index contributed by atoms with van der Waals surface area (Å²) in [5.74, 6) is 0.454. The molecule has 4 rings (SSSR count). The van der Waals surface area contributed by atoms with Crippen molar-refractivity contribution >= 4 is 23.4 Å². The maximum Gasteiger partial charge on any atom is 0.228 e. The van der Waals surface area contributed by atoms with Crippen LogP contribution in [0.5, 0.6) is 0 Å². The van der Waals surface area contributed by atoms with E-state index >= 15 is 0 Å². The molecular weight excluding hydrogens is 354 g/mol. The fraction of sp³-hybridized carbons (Fsp3) is 0.273. The second-order valence-corrected chi connectivity index (χ2v) is 8.40. The molecule has 1 aromatic heterocycles. The van der Waals surface area contributed by atoms with Gasteiger partial charge in [0.15, 0.2) is 0 Å². The van der Waals surface area contributed by atoms with Gasteiger partial charge in [-0.2, -0.15) is 5.10 Å². The van der Waals surface area contributed by atoms with Crippen molar-refractivity contribution in [3.05, 3.63) is 71.5 Å². The molecule has 27 heavy (non-hydrogen) atoms. The van der Waals surface area contributed by atoms with Gasteiger partial charge in [-0.05, 0) is 79.3 Å². The summed E-state index contributed by atoms with van der Waals surface area (Å²) in [7, 11) is 1.90. The van der Waals surface area contributed by atoms with Gasteiger partial charge in [0.05, 0.1) is 6.20 Å². The molecule has 5 heteroatoms. The van der Waals surface area contributed by atoms with Gasteiger partial charge in [-0.3, -0.25) is 9.48 Å². The SMILES string of the molecule is Cc1ccc(Sc2ccc(NC(=O)[C@@H]3C[C@H]3c3cnn(C)c3)cc2)cc1C. The van der Waals surface area contributed by atoms with E-state index in [1.165, 1.54) is 16.0 Å². The highest BCUT2D eigenvalue weighted by Gasteiger charge is 2.44. The topological polar surface area (TPSA) is 46.9 Å². The first-order chi connectivity index (χ1) is 13.0. The molecular formula is C22H23N3OS. The van der Waals surface area contributed by atoms with E-state index in [0.717, 1.165) is 22.6 Å². The van der Waals surface area contributed by atoms with E-state index in [1.54, 1.807) is 16.4 Å². The molecule has 0 spiro atoms. The molecule has 2 aromatic carbocycles. The summed E-state index contributed by atoms with van der Waals surface area (Å²) in [6.07, 6.45) is 4.76. The lowest BCUT2D eigenvalue weighted by atomic mass is 10.1. The number of amides is 1. The van der Waals surface area contributed by atoms with Crippen LogP contribution in [0.2, 0.25) is 0 Å². The third kappa shape index (κ3) is 4.08. The van der Waals surface area contributed by atoms with Crippen LogP contribution in [0.25, 0.3) is 0 Å². The lowest BCUT2D eigenvalue weighted by molar-refractivity contribution is -0.117. The van der Waals surface area contributed by atoms with Crippen LogP contribution in [-0.2, 0) is 11.8 Å². The molecule has 1 aliphatic carbocycles. The number of carbonyl (C=O) groups excluding carboxylic acids is 1. The van der Waals surface area contributed by atoms with Crippen LogP contribution in [-0.4, -0.2) is 15.7 Å². The van der Waals surface area contributed by atoms with Crippen LogP contribution in [0.15, 0.2) is 64.6 Å². The second kappa shape index (κ2) is 7.24. The highest BCUT2D eigenvalue weighted by molar-refractivity contribution is 7.99. The number of rotatable bonds is 5. The van der Waals surface area contributed by atoms with E-state index in [2.05, 4.69) is 54.6 Å². The number of carbonyl (C=O) groups is 1. The highest BCUT2D eigenvalue weighted by Crippen LogP contribution is 2.47. The first-order valence-electron chi connectivity index (χ1n) is 9.14. The van der Waals surface area contributed by atoms with E-state index < -0.39 is 0 Å². The third-order valence-corrected chi connectivity index (χ3v) is 6.11. The molecule has 1 fully saturated rings. The molecule has 138 valence electrons. The number of hydrogen-bond donors (Lipinski definition) is 1. The van der Waals surface area contributed by atoms with E-state index in [0.29, 0.717) is 5.92 Å². The quantitative estimate of drug-likeness (QED) is 0.686. The summed E-state index contributed by atoms with van der Waals surface area (Å²) in [4.78, 5) is 14.9. The van der Waals surface area contributed by atoms with Crippen LogP contribution in [0.4, 0.5) is 5.69 Å². The molecule has 4 nitrogen and oxygen atoms in total. The molecule has 0 unspecified atom stereocenters. The minimum atomic E-state index is 0.0544. The van der Waals surface area contributed by atoms with Crippen molar-refractivity contribution in [2.24, 2.45) is 13.0 Å². The molecule has 0 radical (unpaired) electrons. The Bertz CT molecular complexity index is 977. The first-order valence-corrected chi connectivity index (χ1v) is 9.96. The molecule has 1 N–H and O–H groups in total. The maximum atomic E-state index is 12.5. The molecule has 2 atom stereocenters. The average Bonchev–Trinajstić information content (AvgIpc) is 3.34. The number of anilines is 1. The van der Waals surface area contributed by atoms with E-state index in [9.17, 15) is 4.79 Å². The van der Waals surface area contributed by atoms with Crippen LogP contribution in [0.3, 0.4) is 0 Å². The Labute approximate surface area is 164 Å². The number of nitrogens with zero attached hydrogens (tertiary/aromatic N) is 2. The van der Waals surface area contributed by atoms with Gasteiger partial charge in [0, 0.05) is 34.6 Å². The fourth-order valence-corrected chi connectivity index (χ4v) is 4.16. The van der Waals surface area contributed by atoms with Crippen molar-refractivity contribution in [2.75, 3.05) is 5.32 Å². The molecule has 0 saturated heterocycles. The summed E-state index contributed by atoms with van der Waals surface area (Å²) >= 11 is 1.73. The predicted octanol–water partition coefficient (Wildman–Crippen LogP) is 4.93. The Morgan fingerprint density at radius 3 is 2.52 bits per heavy atom. The summed E-state index contributed by atoms with van der Waals surface area (Å²) in [5, 5.41) is 7.24. The fourth-order valence-electron chi connectivity index (χ4n) is 3.24. The van der Waals surface area contributed by atoms with E-state index in [4.69, 9.17) is 0 Å². The number of aromatic nitrogens is 2. The lowest BCUT2D eigenvalue weighted by Crippen LogP contribution is -2.14. The largest absolute Gasteiger partial charge is 0.326 e. The van der Waals surface area contributed by atoms with E-state index in [-0.39, 0.29) is 11.8 Å². The number of aryl methyl sites for hydroxylation is 3. The number of benzene rings is 2. The van der Waals surface area contributed by atoms with Gasteiger partial charge >= 0.3 is 0 Å². The van der Waals surface area contributed by atoms with Gasteiger partial charge in [0.1, 0.15) is 0 Å². The van der Waals surface area contributed by atoms with Gasteiger partial charge in [-0.1, -0.05) is 17.8 Å². The first kappa shape index (κ1) is 17.9. The molecule has 1 heterocycles. The van der Waals surface area contributed by atoms with Crippen LogP contribution in [0, 0.1) is 19.8 Å². The van der Waals surface area contributed by atoms with Gasteiger partial charge in [0.2, 0.25) is 5.91 Å². The lowest BCUT2D eigenvalue weighted by Gasteiger charge is -2.08. The minimum Gasteiger partial charge on any atom is -0.326 e. The third-order valence-electron chi connectivity index (χ3n) is 5.12. The molecule has 0 bridgehead atoms. The molecule has 1 amide bonds. The van der Waals surface area contributed by atoms with Crippen molar-refractivity contribution in [2.45, 2.75) is 36.0 Å². The molecule has 1 aliphatic rings. The van der Waals surface area contributed by atoms with Gasteiger partial charge < -0.3 is 5.32 Å². The van der Waals surface area contributed by atoms with Gasteiger partial charge in [0.25, 0.3) is 0 Å². The molecule has 1 saturated carbocycles. The van der Waals surface area contributed by atoms with Crippen LogP contribution < -0.4 is 5.32 Å². The van der Waals surface area contributed by atoms with Crippen molar-refractivity contribution in [3.8, 4) is 0 Å².